The van der Waals surface area contributed by atoms with Crippen molar-refractivity contribution in [3.63, 3.8) is 0 Å². The van der Waals surface area contributed by atoms with Gasteiger partial charge in [-0.05, 0) is 104 Å². The summed E-state index contributed by atoms with van der Waals surface area (Å²) < 4.78 is 0. The van der Waals surface area contributed by atoms with Gasteiger partial charge in [0.1, 0.15) is 0 Å². The molecule has 0 aliphatic rings. The molecule has 0 bridgehead atoms. The highest BCUT2D eigenvalue weighted by atomic mass is 14.2. The second kappa shape index (κ2) is 6.05. The number of rotatable bonds is 3. The second-order valence-electron chi connectivity index (χ2n) is 6.41. The molecule has 2 aromatic rings. The van der Waals surface area contributed by atoms with Crippen LogP contribution < -0.4 is 0 Å². The quantitative estimate of drug-likeness (QED) is 0.677. The molecule has 0 radical (unpaired) electrons. The first kappa shape index (κ1) is 15.8. The molecule has 0 heteroatoms. The Bertz CT molecular complexity index is 675. The van der Waals surface area contributed by atoms with Crippen LogP contribution in [0.15, 0.2) is 18.2 Å². The predicted molar refractivity (Wildman–Crippen MR) is 93.5 cm³/mol. The van der Waals surface area contributed by atoms with Gasteiger partial charge in [0.05, 0.1) is 0 Å². The van der Waals surface area contributed by atoms with Gasteiger partial charge in [0.25, 0.3) is 0 Å². The summed E-state index contributed by atoms with van der Waals surface area (Å²) >= 11 is 0. The number of hydrogen-bond donors (Lipinski definition) is 0. The van der Waals surface area contributed by atoms with Crippen molar-refractivity contribution in [2.75, 3.05) is 0 Å². The van der Waals surface area contributed by atoms with Crippen LogP contribution in [0.3, 0.4) is 0 Å². The summed E-state index contributed by atoms with van der Waals surface area (Å²) in [5.41, 5.74) is 13.2. The fourth-order valence-corrected chi connectivity index (χ4v) is 3.32. The summed E-state index contributed by atoms with van der Waals surface area (Å²) in [6, 6.07) is 6.88. The first-order chi connectivity index (χ1) is 9.86. The van der Waals surface area contributed by atoms with E-state index in [1.165, 1.54) is 50.1 Å². The zero-order chi connectivity index (χ0) is 15.7. The topological polar surface area (TPSA) is 0 Å². The molecule has 0 nitrogen and oxygen atoms in total. The highest BCUT2D eigenvalue weighted by Gasteiger charge is 2.13. The van der Waals surface area contributed by atoms with Gasteiger partial charge in [0, 0.05) is 0 Å². The van der Waals surface area contributed by atoms with E-state index in [-0.39, 0.29) is 0 Å². The molecule has 0 aliphatic heterocycles. The fourth-order valence-electron chi connectivity index (χ4n) is 3.32. The van der Waals surface area contributed by atoms with Crippen LogP contribution in [0.5, 0.6) is 0 Å². The maximum absolute atomic E-state index is 2.39. The Morgan fingerprint density at radius 1 is 0.667 bits per heavy atom. The molecule has 0 saturated heterocycles. The third-order valence-electron chi connectivity index (χ3n) is 5.20. The van der Waals surface area contributed by atoms with Gasteiger partial charge < -0.3 is 0 Å². The van der Waals surface area contributed by atoms with Gasteiger partial charge in [-0.15, -0.1) is 0 Å². The number of benzene rings is 2. The van der Waals surface area contributed by atoms with Crippen molar-refractivity contribution in [3.8, 4) is 0 Å². The van der Waals surface area contributed by atoms with Crippen molar-refractivity contribution < 1.29 is 0 Å². The van der Waals surface area contributed by atoms with Gasteiger partial charge in [-0.25, -0.2) is 0 Å². The summed E-state index contributed by atoms with van der Waals surface area (Å²) in [4.78, 5) is 0. The molecule has 21 heavy (non-hydrogen) atoms. The molecule has 2 rings (SSSR count). The summed E-state index contributed by atoms with van der Waals surface area (Å²) in [5, 5.41) is 0. The molecule has 0 amide bonds. The van der Waals surface area contributed by atoms with Crippen LogP contribution in [0.2, 0.25) is 0 Å². The summed E-state index contributed by atoms with van der Waals surface area (Å²) in [6.07, 6.45) is 2.18. The molecule has 0 unspecified atom stereocenters. The molecule has 0 spiro atoms. The first-order valence-corrected chi connectivity index (χ1v) is 8.01. The molecule has 0 N–H and O–H groups in total. The molecule has 112 valence electrons. The second-order valence-corrected chi connectivity index (χ2v) is 6.41. The minimum atomic E-state index is 1.06. The van der Waals surface area contributed by atoms with E-state index in [2.05, 4.69) is 66.7 Å². The van der Waals surface area contributed by atoms with Crippen LogP contribution in [0.4, 0.5) is 0 Å². The van der Waals surface area contributed by atoms with Gasteiger partial charge in [-0.2, -0.15) is 0 Å². The van der Waals surface area contributed by atoms with Crippen molar-refractivity contribution >= 4 is 0 Å². The summed E-state index contributed by atoms with van der Waals surface area (Å²) in [7, 11) is 0. The smallest absolute Gasteiger partial charge is 0.00151 e. The minimum Gasteiger partial charge on any atom is -0.0613 e. The van der Waals surface area contributed by atoms with Crippen LogP contribution in [0, 0.1) is 41.5 Å². The minimum absolute atomic E-state index is 1.06. The summed E-state index contributed by atoms with van der Waals surface area (Å²) in [5.74, 6) is 0. The van der Waals surface area contributed by atoms with E-state index in [9.17, 15) is 0 Å². The van der Waals surface area contributed by atoms with E-state index < -0.39 is 0 Å². The Labute approximate surface area is 130 Å². The third kappa shape index (κ3) is 2.90. The lowest BCUT2D eigenvalue weighted by atomic mass is 9.86. The lowest BCUT2D eigenvalue weighted by molar-refractivity contribution is 1.02. The van der Waals surface area contributed by atoms with E-state index in [0.717, 1.165) is 12.8 Å². The number of hydrogen-bond acceptors (Lipinski definition) is 0. The Balaban J connectivity index is 2.56. The van der Waals surface area contributed by atoms with E-state index in [0.29, 0.717) is 0 Å². The largest absolute Gasteiger partial charge is 0.0613 e. The van der Waals surface area contributed by atoms with Crippen LogP contribution in [-0.4, -0.2) is 0 Å². The third-order valence-corrected chi connectivity index (χ3v) is 5.20. The summed E-state index contributed by atoms with van der Waals surface area (Å²) in [6.45, 7) is 15.8. The Morgan fingerprint density at radius 3 is 1.86 bits per heavy atom. The molecular formula is C21H28. The highest BCUT2D eigenvalue weighted by Crippen LogP contribution is 2.28. The molecule has 0 heterocycles. The van der Waals surface area contributed by atoms with E-state index >= 15 is 0 Å². The maximum atomic E-state index is 2.39. The lowest BCUT2D eigenvalue weighted by Crippen LogP contribution is -2.04. The van der Waals surface area contributed by atoms with Crippen LogP contribution in [0.25, 0.3) is 0 Å². The monoisotopic (exact) mass is 280 g/mol. The van der Waals surface area contributed by atoms with Crippen molar-refractivity contribution in [2.45, 2.75) is 61.3 Å². The zero-order valence-electron chi connectivity index (χ0n) is 14.6. The van der Waals surface area contributed by atoms with Crippen LogP contribution in [0.1, 0.15) is 57.0 Å². The zero-order valence-corrected chi connectivity index (χ0v) is 14.6. The highest BCUT2D eigenvalue weighted by molar-refractivity contribution is 5.49. The van der Waals surface area contributed by atoms with Crippen molar-refractivity contribution in [3.05, 3.63) is 68.3 Å². The van der Waals surface area contributed by atoms with E-state index in [4.69, 9.17) is 0 Å². The van der Waals surface area contributed by atoms with Gasteiger partial charge in [-0.3, -0.25) is 0 Å². The normalized spacial score (nSPS) is 11.0. The van der Waals surface area contributed by atoms with Gasteiger partial charge in [0.15, 0.2) is 0 Å². The van der Waals surface area contributed by atoms with Crippen molar-refractivity contribution in [1.29, 1.82) is 0 Å². The molecular weight excluding hydrogens is 252 g/mol. The molecule has 2 aromatic carbocycles. The molecule has 0 atom stereocenters. The fraction of sp³-hybridized carbons (Fsp3) is 0.429. The average molecular weight is 280 g/mol. The SMILES string of the molecule is CCc1cc(C)c(Cc2c(C)ccc(C)c2C)c(C)c1C. The standard InChI is InChI=1S/C21H28/c1-8-19-11-15(4)21(18(7)17(19)6)12-20-14(3)10-9-13(2)16(20)5/h9-11H,8,12H2,1-7H3. The molecule has 0 aromatic heterocycles. The molecule has 0 aliphatic carbocycles. The average Bonchev–Trinajstić information content (AvgIpc) is 2.46. The van der Waals surface area contributed by atoms with E-state index in [1.54, 1.807) is 0 Å². The number of aryl methyl sites for hydroxylation is 4. The van der Waals surface area contributed by atoms with Gasteiger partial charge >= 0.3 is 0 Å². The molecule has 0 saturated carbocycles. The molecule has 0 fully saturated rings. The Morgan fingerprint density at radius 2 is 1.24 bits per heavy atom. The van der Waals surface area contributed by atoms with Crippen LogP contribution in [-0.2, 0) is 12.8 Å². The van der Waals surface area contributed by atoms with Crippen molar-refractivity contribution in [1.82, 2.24) is 0 Å². The van der Waals surface area contributed by atoms with Gasteiger partial charge in [-0.1, -0.05) is 25.1 Å². The predicted octanol–water partition coefficient (Wildman–Crippen LogP) is 5.69. The van der Waals surface area contributed by atoms with Crippen LogP contribution >= 0.6 is 0 Å². The van der Waals surface area contributed by atoms with E-state index in [1.807, 2.05) is 0 Å². The Kier molecular flexibility index (Phi) is 4.56. The first-order valence-electron chi connectivity index (χ1n) is 8.01. The lowest BCUT2D eigenvalue weighted by Gasteiger charge is -2.19. The van der Waals surface area contributed by atoms with Crippen molar-refractivity contribution in [2.24, 2.45) is 0 Å². The maximum Gasteiger partial charge on any atom is -0.00151 e. The van der Waals surface area contributed by atoms with Gasteiger partial charge in [0.2, 0.25) is 0 Å². The Hall–Kier alpha value is -1.56.